The third-order valence-electron chi connectivity index (χ3n) is 5.73. The van der Waals surface area contributed by atoms with E-state index >= 15 is 0 Å². The molecule has 0 radical (unpaired) electrons. The van der Waals surface area contributed by atoms with Crippen LogP contribution in [-0.2, 0) is 14.2 Å². The van der Waals surface area contributed by atoms with E-state index in [9.17, 15) is 9.59 Å². The Morgan fingerprint density at radius 1 is 1.11 bits per heavy atom. The number of fused-ring (bicyclic) bond motifs is 1. The van der Waals surface area contributed by atoms with Crippen LogP contribution in [0.5, 0.6) is 5.88 Å². The first-order chi connectivity index (χ1) is 17.7. The normalized spacial score (nSPS) is 15.2. The molecular formula is C26H35N5O7. The third kappa shape index (κ3) is 6.18. The van der Waals surface area contributed by atoms with Crippen molar-refractivity contribution in [2.24, 2.45) is 0 Å². The molecule has 0 aliphatic carbocycles. The maximum absolute atomic E-state index is 12.3. The van der Waals surface area contributed by atoms with Gasteiger partial charge in [0.1, 0.15) is 29.2 Å². The highest BCUT2D eigenvalue weighted by atomic mass is 16.6. The first kappa shape index (κ1) is 27.2. The second kappa shape index (κ2) is 9.82. The van der Waals surface area contributed by atoms with Gasteiger partial charge in [-0.2, -0.15) is 0 Å². The average Bonchev–Trinajstić information content (AvgIpc) is 3.32. The number of pyridine rings is 1. The van der Waals surface area contributed by atoms with Gasteiger partial charge in [-0.25, -0.2) is 14.1 Å². The highest BCUT2D eigenvalue weighted by Crippen LogP contribution is 2.35. The van der Waals surface area contributed by atoms with Gasteiger partial charge in [0.2, 0.25) is 0 Å². The van der Waals surface area contributed by atoms with E-state index < -0.39 is 29.0 Å². The van der Waals surface area contributed by atoms with Gasteiger partial charge in [-0.05, 0) is 71.3 Å². The van der Waals surface area contributed by atoms with E-state index in [-0.39, 0.29) is 6.61 Å². The number of nitrogens with one attached hydrogen (secondary N) is 1. The summed E-state index contributed by atoms with van der Waals surface area (Å²) in [5.74, 6) is 1.24. The lowest BCUT2D eigenvalue weighted by Gasteiger charge is -2.48. The summed E-state index contributed by atoms with van der Waals surface area (Å²) in [4.78, 5) is 26.0. The molecule has 1 N–H and O–H groups in total. The maximum atomic E-state index is 12.3. The van der Waals surface area contributed by atoms with E-state index in [1.54, 1.807) is 56.5 Å². The molecule has 1 fully saturated rings. The molecule has 4 heterocycles. The Balaban J connectivity index is 1.46. The summed E-state index contributed by atoms with van der Waals surface area (Å²) in [5.41, 5.74) is 0.345. The van der Waals surface area contributed by atoms with Crippen molar-refractivity contribution < 1.29 is 33.1 Å². The van der Waals surface area contributed by atoms with Crippen LogP contribution in [0.25, 0.3) is 16.6 Å². The van der Waals surface area contributed by atoms with Gasteiger partial charge >= 0.3 is 12.2 Å². The van der Waals surface area contributed by atoms with Crippen molar-refractivity contribution in [3.8, 4) is 17.0 Å². The molecule has 1 aliphatic heterocycles. The van der Waals surface area contributed by atoms with Gasteiger partial charge in [-0.1, -0.05) is 0 Å². The number of carbonyl (C=O) groups excluding carboxylic acids is 2. The number of aromatic nitrogens is 3. The number of rotatable bonds is 6. The van der Waals surface area contributed by atoms with Crippen LogP contribution in [0.15, 0.2) is 28.9 Å². The molecule has 0 spiro atoms. The second-order valence-electron chi connectivity index (χ2n) is 11.4. The molecule has 0 atom stereocenters. The van der Waals surface area contributed by atoms with Crippen LogP contribution in [0.1, 0.15) is 47.3 Å². The fourth-order valence-electron chi connectivity index (χ4n) is 3.98. The average molecular weight is 530 g/mol. The van der Waals surface area contributed by atoms with Crippen LogP contribution in [-0.4, -0.2) is 75.5 Å². The Hall–Kier alpha value is -3.80. The van der Waals surface area contributed by atoms with Crippen molar-refractivity contribution in [1.29, 1.82) is 0 Å². The first-order valence-electron chi connectivity index (χ1n) is 12.3. The highest BCUT2D eigenvalue weighted by Gasteiger charge is 2.48. The van der Waals surface area contributed by atoms with Crippen LogP contribution in [0.3, 0.4) is 0 Å². The van der Waals surface area contributed by atoms with Gasteiger partial charge in [0.05, 0.1) is 24.2 Å². The number of anilines is 1. The summed E-state index contributed by atoms with van der Waals surface area (Å²) in [6.07, 6.45) is 0.792. The lowest BCUT2D eigenvalue weighted by molar-refractivity contribution is -0.139. The van der Waals surface area contributed by atoms with Gasteiger partial charge in [0.25, 0.3) is 5.88 Å². The zero-order valence-electron chi connectivity index (χ0n) is 23.1. The minimum absolute atomic E-state index is 0.167. The largest absolute Gasteiger partial charge is 0.472 e. The predicted octanol–water partition coefficient (Wildman–Crippen LogP) is 4.66. The van der Waals surface area contributed by atoms with Crippen molar-refractivity contribution >= 4 is 23.5 Å². The number of amides is 2. The van der Waals surface area contributed by atoms with E-state index in [4.69, 9.17) is 23.5 Å². The molecule has 4 rings (SSSR count). The van der Waals surface area contributed by atoms with Gasteiger partial charge in [0, 0.05) is 19.4 Å². The molecule has 12 heteroatoms. The highest BCUT2D eigenvalue weighted by molar-refractivity contribution is 5.85. The molecule has 1 saturated heterocycles. The van der Waals surface area contributed by atoms with Gasteiger partial charge in [-0.15, -0.1) is 5.10 Å². The van der Waals surface area contributed by atoms with Crippen LogP contribution in [0.2, 0.25) is 0 Å². The zero-order valence-corrected chi connectivity index (χ0v) is 23.1. The van der Waals surface area contributed by atoms with Crippen molar-refractivity contribution in [3.63, 3.8) is 0 Å². The number of nitrogens with zero attached hydrogens (tertiary/aromatic N) is 4. The molecule has 206 valence electrons. The van der Waals surface area contributed by atoms with Crippen molar-refractivity contribution in [2.75, 3.05) is 32.1 Å². The van der Waals surface area contributed by atoms with Gasteiger partial charge in [0.15, 0.2) is 5.82 Å². The number of aryl methyl sites for hydroxylation is 1. The molecule has 0 unspecified atom stereocenters. The van der Waals surface area contributed by atoms with E-state index in [2.05, 4.69) is 15.6 Å². The summed E-state index contributed by atoms with van der Waals surface area (Å²) in [6.45, 7) is 13.5. The zero-order chi connectivity index (χ0) is 27.9. The molecule has 3 aromatic rings. The number of methoxy groups -OCH3 is 1. The van der Waals surface area contributed by atoms with E-state index in [0.717, 1.165) is 11.1 Å². The van der Waals surface area contributed by atoms with E-state index in [1.165, 1.54) is 0 Å². The smallest absolute Gasteiger partial charge is 0.413 e. The Morgan fingerprint density at radius 2 is 1.79 bits per heavy atom. The minimum atomic E-state index is -0.682. The summed E-state index contributed by atoms with van der Waals surface area (Å²) in [6, 6.07) is 5.47. The summed E-state index contributed by atoms with van der Waals surface area (Å²) >= 11 is 0. The maximum Gasteiger partial charge on any atom is 0.413 e. The molecule has 1 aliphatic rings. The number of hydrogen-bond acceptors (Lipinski definition) is 9. The van der Waals surface area contributed by atoms with Crippen LogP contribution < -0.4 is 10.1 Å². The molecule has 3 aromatic heterocycles. The fraction of sp³-hybridized carbons (Fsp3) is 0.538. The standard InChI is InChI=1S/C26H35N5O7/c1-16-20(17-9-10-31-18(11-17)12-19(28-31)27-22(32)36-24(2,3)4)21(29-38-16)35-15-26(34-8)13-30(14-26)23(33)37-25(5,6)7/h9-12H,13-15H2,1-8H3,(H,27,28,32). The lowest BCUT2D eigenvalue weighted by Crippen LogP contribution is -2.67. The number of carbonyl (C=O) groups is 2. The Labute approximate surface area is 221 Å². The molecule has 12 nitrogen and oxygen atoms in total. The Morgan fingerprint density at radius 3 is 2.42 bits per heavy atom. The van der Waals surface area contributed by atoms with Crippen LogP contribution >= 0.6 is 0 Å². The number of likely N-dealkylation sites (tertiary alicyclic amines) is 1. The Bertz CT molecular complexity index is 1330. The molecule has 0 aromatic carbocycles. The monoisotopic (exact) mass is 529 g/mol. The molecule has 0 bridgehead atoms. The van der Waals surface area contributed by atoms with Crippen LogP contribution in [0.4, 0.5) is 15.4 Å². The van der Waals surface area contributed by atoms with E-state index in [0.29, 0.717) is 36.1 Å². The molecule has 38 heavy (non-hydrogen) atoms. The Kier molecular flexibility index (Phi) is 7.04. The van der Waals surface area contributed by atoms with Crippen LogP contribution in [0, 0.1) is 6.92 Å². The number of ether oxygens (including phenoxy) is 4. The topological polar surface area (TPSA) is 130 Å². The van der Waals surface area contributed by atoms with Gasteiger partial charge in [-0.3, -0.25) is 5.32 Å². The summed E-state index contributed by atoms with van der Waals surface area (Å²) in [5, 5.41) is 11.1. The SMILES string of the molecule is COC1(COc2noc(C)c2-c2ccn3nc(NC(=O)OC(C)(C)C)cc3c2)CN(C(=O)OC(C)(C)C)C1. The van der Waals surface area contributed by atoms with Gasteiger partial charge < -0.3 is 28.4 Å². The third-order valence-corrected chi connectivity index (χ3v) is 5.73. The minimum Gasteiger partial charge on any atom is -0.472 e. The second-order valence-corrected chi connectivity index (χ2v) is 11.4. The molecule has 2 amide bonds. The summed E-state index contributed by atoms with van der Waals surface area (Å²) < 4.78 is 29.5. The summed E-state index contributed by atoms with van der Waals surface area (Å²) in [7, 11) is 1.58. The van der Waals surface area contributed by atoms with Crippen molar-refractivity contribution in [2.45, 2.75) is 65.3 Å². The quantitative estimate of drug-likeness (QED) is 0.484. The lowest BCUT2D eigenvalue weighted by atomic mass is 9.95. The van der Waals surface area contributed by atoms with Crippen molar-refractivity contribution in [1.82, 2.24) is 19.7 Å². The van der Waals surface area contributed by atoms with Crippen molar-refractivity contribution in [3.05, 3.63) is 30.2 Å². The molecule has 0 saturated carbocycles. The number of hydrogen-bond donors (Lipinski definition) is 1. The predicted molar refractivity (Wildman–Crippen MR) is 138 cm³/mol. The first-order valence-corrected chi connectivity index (χ1v) is 12.3. The molecular weight excluding hydrogens is 494 g/mol. The fourth-order valence-corrected chi connectivity index (χ4v) is 3.98. The van der Waals surface area contributed by atoms with E-state index in [1.807, 2.05) is 32.9 Å².